The number of methoxy groups -OCH3 is 1. The van der Waals surface area contributed by atoms with Crippen LogP contribution in [-0.4, -0.2) is 132 Å². The molecule has 10 atom stereocenters. The summed E-state index contributed by atoms with van der Waals surface area (Å²) < 4.78 is 34.1. The average Bonchev–Trinajstić information content (AvgIpc) is 3.17. The second-order valence-corrected chi connectivity index (χ2v) is 13.3. The molecule has 10 N–H and O–H groups in total. The highest BCUT2D eigenvalue weighted by Crippen LogP contribution is 2.39. The van der Waals surface area contributed by atoms with Gasteiger partial charge in [0.2, 0.25) is 17.5 Å². The van der Waals surface area contributed by atoms with Crippen LogP contribution in [0.5, 0.6) is 34.5 Å². The van der Waals surface area contributed by atoms with Crippen LogP contribution in [0.3, 0.4) is 0 Å². The van der Waals surface area contributed by atoms with Crippen molar-refractivity contribution in [2.75, 3.05) is 20.3 Å². The molecule has 0 unspecified atom stereocenters. The van der Waals surface area contributed by atoms with Gasteiger partial charge >= 0.3 is 5.97 Å². The van der Waals surface area contributed by atoms with Crippen LogP contribution >= 0.6 is 0 Å². The van der Waals surface area contributed by atoms with Crippen LogP contribution in [0.15, 0.2) is 69.9 Å². The fourth-order valence-electron chi connectivity index (χ4n) is 6.68. The van der Waals surface area contributed by atoms with Crippen molar-refractivity contribution in [2.24, 2.45) is 5.92 Å². The predicted octanol–water partition coefficient (Wildman–Crippen LogP) is 0.222. The van der Waals surface area contributed by atoms with Crippen molar-refractivity contribution in [3.8, 4) is 45.8 Å². The molecule has 1 aliphatic carbocycles. The standard InChI is InChI=1S/C38H40O18/c1-51-23-10-16(2-8-21(23)43)3-9-27(45)55-35-25(11-18(14-39)29(46)31(35)48)53-36-26(15-40)54-38(33(50)32(36)49)56-37-30(47)28-22(44)12-20(42)13-24(28)52-34(37)17-4-6-19(41)7-5-17/h2-10,12-13,18,25-26,29,31-33,35-36,38-44,46,48-50H,11,14-15H2,1H3/b9-3-/t18-,25+,26-,29-,31-,32+,33+,35+,36+,38+/m0/s1. The van der Waals surface area contributed by atoms with Crippen LogP contribution in [0.25, 0.3) is 28.4 Å². The van der Waals surface area contributed by atoms with Crippen LogP contribution in [0.4, 0.5) is 0 Å². The number of benzene rings is 3. The number of phenols is 4. The fourth-order valence-corrected chi connectivity index (χ4v) is 6.68. The maximum absolute atomic E-state index is 13.8. The van der Waals surface area contributed by atoms with Crippen molar-refractivity contribution < 1.29 is 84.0 Å². The summed E-state index contributed by atoms with van der Waals surface area (Å²) in [5.74, 6) is -4.14. The zero-order valence-corrected chi connectivity index (χ0v) is 29.5. The minimum atomic E-state index is -2.03. The molecule has 1 aliphatic heterocycles. The molecular formula is C38H40O18. The van der Waals surface area contributed by atoms with Gasteiger partial charge in [-0.2, -0.15) is 0 Å². The normalized spacial score (nSPS) is 28.0. The zero-order valence-electron chi connectivity index (χ0n) is 29.5. The molecule has 4 aromatic rings. The van der Waals surface area contributed by atoms with Crippen molar-refractivity contribution in [2.45, 2.75) is 61.5 Å². The van der Waals surface area contributed by atoms with Gasteiger partial charge in [0.15, 0.2) is 23.4 Å². The first kappa shape index (κ1) is 40.2. The second kappa shape index (κ2) is 16.7. The van der Waals surface area contributed by atoms with Gasteiger partial charge in [-0.15, -0.1) is 0 Å². The molecule has 1 aromatic heterocycles. The third-order valence-electron chi connectivity index (χ3n) is 9.61. The fraction of sp³-hybridized carbons (Fsp3) is 0.368. The molecule has 300 valence electrons. The van der Waals surface area contributed by atoms with E-state index in [1.54, 1.807) is 0 Å². The molecule has 1 saturated carbocycles. The topological polar surface area (TPSA) is 296 Å². The van der Waals surface area contributed by atoms with E-state index in [9.17, 15) is 60.7 Å². The lowest BCUT2D eigenvalue weighted by Gasteiger charge is -2.46. The maximum Gasteiger partial charge on any atom is 0.331 e. The van der Waals surface area contributed by atoms with Crippen molar-refractivity contribution >= 4 is 23.0 Å². The Morgan fingerprint density at radius 1 is 0.839 bits per heavy atom. The molecule has 0 radical (unpaired) electrons. The Morgan fingerprint density at radius 3 is 2.23 bits per heavy atom. The molecule has 2 fully saturated rings. The third kappa shape index (κ3) is 8.08. The van der Waals surface area contributed by atoms with Gasteiger partial charge in [-0.3, -0.25) is 4.79 Å². The van der Waals surface area contributed by atoms with Gasteiger partial charge in [-0.25, -0.2) is 4.79 Å². The number of phenolic OH excluding ortho intramolecular Hbond substituents is 4. The molecule has 18 heteroatoms. The minimum absolute atomic E-state index is 0.130. The van der Waals surface area contributed by atoms with Gasteiger partial charge in [0.1, 0.15) is 58.7 Å². The zero-order chi connectivity index (χ0) is 40.4. The van der Waals surface area contributed by atoms with Gasteiger partial charge in [0, 0.05) is 36.3 Å². The van der Waals surface area contributed by atoms with E-state index in [0.29, 0.717) is 5.56 Å². The first-order chi connectivity index (χ1) is 26.7. The highest BCUT2D eigenvalue weighted by molar-refractivity contribution is 5.88. The van der Waals surface area contributed by atoms with Gasteiger partial charge < -0.3 is 79.2 Å². The number of hydrogen-bond donors (Lipinski definition) is 10. The molecule has 6 rings (SSSR count). The van der Waals surface area contributed by atoms with Gasteiger partial charge in [-0.1, -0.05) is 6.07 Å². The summed E-state index contributed by atoms with van der Waals surface area (Å²) in [6.45, 7) is -1.50. The van der Waals surface area contributed by atoms with E-state index in [2.05, 4.69) is 0 Å². The number of esters is 1. The number of carbonyl (C=O) groups excluding carboxylic acids is 1. The van der Waals surface area contributed by atoms with Crippen LogP contribution in [0, 0.1) is 5.92 Å². The van der Waals surface area contributed by atoms with E-state index in [0.717, 1.165) is 18.2 Å². The van der Waals surface area contributed by atoms with Crippen LogP contribution in [0.2, 0.25) is 0 Å². The van der Waals surface area contributed by atoms with Gasteiger partial charge in [-0.05, 0) is 54.5 Å². The lowest BCUT2D eigenvalue weighted by atomic mass is 9.80. The second-order valence-electron chi connectivity index (χ2n) is 13.3. The quantitative estimate of drug-likeness (QED) is 0.0719. The number of carbonyl (C=O) groups is 1. The van der Waals surface area contributed by atoms with Crippen molar-refractivity contribution in [1.82, 2.24) is 0 Å². The molecule has 2 heterocycles. The summed E-state index contributed by atoms with van der Waals surface area (Å²) in [5.41, 5.74) is -0.632. The number of ether oxygens (including phenoxy) is 5. The van der Waals surface area contributed by atoms with Crippen LogP contribution in [0.1, 0.15) is 12.0 Å². The van der Waals surface area contributed by atoms with E-state index in [4.69, 9.17) is 28.1 Å². The first-order valence-corrected chi connectivity index (χ1v) is 17.2. The molecule has 0 bridgehead atoms. The molecule has 2 aliphatic rings. The van der Waals surface area contributed by atoms with Crippen molar-refractivity contribution in [3.63, 3.8) is 0 Å². The van der Waals surface area contributed by atoms with Gasteiger partial charge in [0.05, 0.1) is 25.9 Å². The lowest BCUT2D eigenvalue weighted by Crippen LogP contribution is -2.64. The monoisotopic (exact) mass is 784 g/mol. The van der Waals surface area contributed by atoms with E-state index in [-0.39, 0.29) is 40.6 Å². The molecule has 56 heavy (non-hydrogen) atoms. The molecule has 1 saturated heterocycles. The lowest BCUT2D eigenvalue weighted by molar-refractivity contribution is -0.304. The number of fused-ring (bicyclic) bond motifs is 1. The highest BCUT2D eigenvalue weighted by Gasteiger charge is 2.52. The molecule has 0 spiro atoms. The number of rotatable bonds is 11. The molecule has 18 nitrogen and oxygen atoms in total. The first-order valence-electron chi connectivity index (χ1n) is 17.2. The van der Waals surface area contributed by atoms with E-state index >= 15 is 0 Å². The summed E-state index contributed by atoms with van der Waals surface area (Å²) in [7, 11) is 1.34. The van der Waals surface area contributed by atoms with E-state index in [1.165, 1.54) is 55.7 Å². The Bertz CT molecular complexity index is 2110. The Labute approximate surface area is 316 Å². The maximum atomic E-state index is 13.8. The van der Waals surface area contributed by atoms with Crippen molar-refractivity contribution in [1.29, 1.82) is 0 Å². The van der Waals surface area contributed by atoms with E-state index in [1.807, 2.05) is 0 Å². The Hall–Kier alpha value is -5.44. The summed E-state index contributed by atoms with van der Waals surface area (Å²) in [5, 5.41) is 104. The van der Waals surface area contributed by atoms with Crippen molar-refractivity contribution in [3.05, 3.63) is 76.5 Å². The Kier molecular flexibility index (Phi) is 12.0. The van der Waals surface area contributed by atoms with Crippen LogP contribution < -0.4 is 14.9 Å². The Balaban J connectivity index is 1.26. The average molecular weight is 785 g/mol. The highest BCUT2D eigenvalue weighted by atomic mass is 16.7. The number of aliphatic hydroxyl groups excluding tert-OH is 6. The summed E-state index contributed by atoms with van der Waals surface area (Å²) in [6.07, 6.45) is -13.3. The Morgan fingerprint density at radius 2 is 1.55 bits per heavy atom. The third-order valence-corrected chi connectivity index (χ3v) is 9.61. The van der Waals surface area contributed by atoms with Gasteiger partial charge in [0.25, 0.3) is 0 Å². The van der Waals surface area contributed by atoms with Crippen LogP contribution in [-0.2, 0) is 19.0 Å². The largest absolute Gasteiger partial charge is 0.508 e. The van der Waals surface area contributed by atoms with E-state index < -0.39 is 108 Å². The summed E-state index contributed by atoms with van der Waals surface area (Å²) in [4.78, 5) is 26.8. The predicted molar refractivity (Wildman–Crippen MR) is 191 cm³/mol. The summed E-state index contributed by atoms with van der Waals surface area (Å²) in [6, 6.07) is 11.5. The number of aromatic hydroxyl groups is 4. The minimum Gasteiger partial charge on any atom is -0.508 e. The molecule has 0 amide bonds. The summed E-state index contributed by atoms with van der Waals surface area (Å²) >= 11 is 0. The number of aliphatic hydroxyl groups is 6. The SMILES string of the molecule is COc1cc(/C=C\C(=O)O[C@H]2[C@@H](O)[C@@H](O)[C@H](CO)C[C@H]2O[C@H]2[C@H](O)[C@@H](O)[C@@H](Oc3c(-c4ccc(O)cc4)oc4cc(O)cc(O)c4c3=O)O[C@H]2CO)ccc1O. The molecular weight excluding hydrogens is 744 g/mol. The smallest absolute Gasteiger partial charge is 0.331 e. The molecule has 3 aromatic carbocycles. The number of hydrogen-bond acceptors (Lipinski definition) is 18.